The molecule has 0 saturated carbocycles. The zero-order chi connectivity index (χ0) is 20.0. The molecule has 1 atom stereocenters. The van der Waals surface area contributed by atoms with Gasteiger partial charge in [-0.05, 0) is 38.8 Å². The minimum absolute atomic E-state index is 0.0203. The number of imidazole rings is 1. The molecule has 0 aliphatic carbocycles. The Morgan fingerprint density at radius 3 is 2.97 bits per heavy atom. The van der Waals surface area contributed by atoms with E-state index < -0.39 is 0 Å². The molecule has 1 unspecified atom stereocenters. The van der Waals surface area contributed by atoms with Crippen molar-refractivity contribution in [3.05, 3.63) is 42.6 Å². The summed E-state index contributed by atoms with van der Waals surface area (Å²) in [5.74, 6) is 2.89. The molecular weight excluding hydrogens is 368 g/mol. The number of rotatable bonds is 4. The van der Waals surface area contributed by atoms with Crippen LogP contribution >= 0.6 is 0 Å². The molecule has 4 heterocycles. The Bertz CT molecular complexity index is 1070. The molecule has 0 spiro atoms. The Kier molecular flexibility index (Phi) is 4.08. The number of hydrogen-bond acceptors (Lipinski definition) is 7. The standard InChI is InChI=1S/C21H24N6O2/c1-14-11-26(13-23-14)16-6-5-15(9-17(16)28-3)24-20-22-10-18-19(25-20)27-8-4-7-21(27,2)12-29-18/h5-6,9-11,13H,4,7-8,12H2,1-3H3,(H,22,24,25). The lowest BCUT2D eigenvalue weighted by atomic mass is 9.99. The highest BCUT2D eigenvalue weighted by atomic mass is 16.5. The molecule has 0 bridgehead atoms. The number of aromatic nitrogens is 4. The van der Waals surface area contributed by atoms with Gasteiger partial charge in [-0.3, -0.25) is 0 Å². The highest BCUT2D eigenvalue weighted by Gasteiger charge is 2.43. The maximum absolute atomic E-state index is 5.93. The molecule has 29 heavy (non-hydrogen) atoms. The fourth-order valence-corrected chi connectivity index (χ4v) is 4.14. The van der Waals surface area contributed by atoms with E-state index in [1.54, 1.807) is 19.6 Å². The topological polar surface area (TPSA) is 77.3 Å². The largest absolute Gasteiger partial charge is 0.494 e. The van der Waals surface area contributed by atoms with Crippen molar-refractivity contribution in [2.45, 2.75) is 32.2 Å². The van der Waals surface area contributed by atoms with Crippen LogP contribution in [0.5, 0.6) is 11.5 Å². The van der Waals surface area contributed by atoms with Gasteiger partial charge >= 0.3 is 0 Å². The van der Waals surface area contributed by atoms with Crippen LogP contribution in [0.4, 0.5) is 17.5 Å². The van der Waals surface area contributed by atoms with Crippen molar-refractivity contribution >= 4 is 17.5 Å². The third kappa shape index (κ3) is 3.04. The third-order valence-corrected chi connectivity index (χ3v) is 5.71. The molecule has 8 heteroatoms. The van der Waals surface area contributed by atoms with E-state index in [-0.39, 0.29) is 5.54 Å². The van der Waals surface area contributed by atoms with Crippen molar-refractivity contribution < 1.29 is 9.47 Å². The quantitative estimate of drug-likeness (QED) is 0.728. The molecule has 3 aromatic rings. The number of nitrogens with zero attached hydrogens (tertiary/aromatic N) is 5. The second-order valence-electron chi connectivity index (χ2n) is 7.86. The molecule has 2 aliphatic rings. The maximum atomic E-state index is 5.93. The van der Waals surface area contributed by atoms with Crippen LogP contribution in [-0.4, -0.2) is 45.3 Å². The lowest BCUT2D eigenvalue weighted by molar-refractivity contribution is 0.210. The van der Waals surface area contributed by atoms with Gasteiger partial charge in [-0.2, -0.15) is 4.98 Å². The van der Waals surface area contributed by atoms with Gasteiger partial charge in [0.25, 0.3) is 0 Å². The van der Waals surface area contributed by atoms with Gasteiger partial charge in [-0.1, -0.05) is 0 Å². The summed E-state index contributed by atoms with van der Waals surface area (Å²) < 4.78 is 13.5. The molecule has 2 aliphatic heterocycles. The fraction of sp³-hybridized carbons (Fsp3) is 0.381. The predicted octanol–water partition coefficient (Wildman–Crippen LogP) is 3.47. The van der Waals surface area contributed by atoms with Crippen LogP contribution in [0.25, 0.3) is 5.69 Å². The van der Waals surface area contributed by atoms with Crippen molar-refractivity contribution in [3.8, 4) is 17.2 Å². The summed E-state index contributed by atoms with van der Waals surface area (Å²) in [4.78, 5) is 15.8. The maximum Gasteiger partial charge on any atom is 0.229 e. The molecule has 0 amide bonds. The van der Waals surface area contributed by atoms with Crippen molar-refractivity contribution in [1.82, 2.24) is 19.5 Å². The highest BCUT2D eigenvalue weighted by molar-refractivity contribution is 5.65. The molecule has 5 rings (SSSR count). The van der Waals surface area contributed by atoms with Crippen LogP contribution in [0.1, 0.15) is 25.5 Å². The number of ether oxygens (including phenoxy) is 2. The second-order valence-corrected chi connectivity index (χ2v) is 7.86. The zero-order valence-corrected chi connectivity index (χ0v) is 16.8. The van der Waals surface area contributed by atoms with Gasteiger partial charge in [0.2, 0.25) is 5.95 Å². The van der Waals surface area contributed by atoms with E-state index in [2.05, 4.69) is 27.1 Å². The average Bonchev–Trinajstić information content (AvgIpc) is 3.33. The Labute approximate surface area is 169 Å². The monoisotopic (exact) mass is 392 g/mol. The van der Waals surface area contributed by atoms with Gasteiger partial charge in [-0.25, -0.2) is 9.97 Å². The van der Waals surface area contributed by atoms with E-state index >= 15 is 0 Å². The first-order valence-electron chi connectivity index (χ1n) is 9.79. The first kappa shape index (κ1) is 17.8. The molecule has 8 nitrogen and oxygen atoms in total. The van der Waals surface area contributed by atoms with Gasteiger partial charge in [0, 0.05) is 24.5 Å². The number of aryl methyl sites for hydroxylation is 1. The van der Waals surface area contributed by atoms with Crippen LogP contribution in [0.15, 0.2) is 36.9 Å². The van der Waals surface area contributed by atoms with Crippen molar-refractivity contribution in [2.75, 3.05) is 30.5 Å². The molecule has 1 N–H and O–H groups in total. The lowest BCUT2D eigenvalue weighted by Crippen LogP contribution is -2.49. The second kappa shape index (κ2) is 6.65. The fourth-order valence-electron chi connectivity index (χ4n) is 4.14. The van der Waals surface area contributed by atoms with Gasteiger partial charge in [0.15, 0.2) is 11.6 Å². The van der Waals surface area contributed by atoms with Gasteiger partial charge in [0.1, 0.15) is 12.4 Å². The van der Waals surface area contributed by atoms with Gasteiger partial charge in [-0.15, -0.1) is 0 Å². The molecule has 0 radical (unpaired) electrons. The Morgan fingerprint density at radius 2 is 2.17 bits per heavy atom. The van der Waals surface area contributed by atoms with Gasteiger partial charge in [0.05, 0.1) is 36.6 Å². The van der Waals surface area contributed by atoms with Crippen molar-refractivity contribution in [1.29, 1.82) is 0 Å². The van der Waals surface area contributed by atoms with Crippen LogP contribution in [0, 0.1) is 6.92 Å². The van der Waals surface area contributed by atoms with E-state index in [0.29, 0.717) is 12.6 Å². The Morgan fingerprint density at radius 1 is 1.28 bits per heavy atom. The summed E-state index contributed by atoms with van der Waals surface area (Å²) in [7, 11) is 1.66. The summed E-state index contributed by atoms with van der Waals surface area (Å²) in [6.45, 7) is 5.87. The molecule has 1 fully saturated rings. The van der Waals surface area contributed by atoms with E-state index in [9.17, 15) is 0 Å². The summed E-state index contributed by atoms with van der Waals surface area (Å²) in [5, 5.41) is 3.30. The Balaban J connectivity index is 1.44. The number of fused-ring (bicyclic) bond motifs is 3. The summed E-state index contributed by atoms with van der Waals surface area (Å²) in [6.07, 6.45) is 7.76. The highest BCUT2D eigenvalue weighted by Crippen LogP contribution is 2.42. The number of hydrogen-bond donors (Lipinski definition) is 1. The van der Waals surface area contributed by atoms with E-state index in [1.165, 1.54) is 0 Å². The van der Waals surface area contributed by atoms with Crippen LogP contribution in [0.2, 0.25) is 0 Å². The van der Waals surface area contributed by atoms with Crippen molar-refractivity contribution in [2.24, 2.45) is 0 Å². The third-order valence-electron chi connectivity index (χ3n) is 5.71. The van der Waals surface area contributed by atoms with E-state index in [4.69, 9.17) is 14.5 Å². The molecule has 2 aromatic heterocycles. The number of methoxy groups -OCH3 is 1. The lowest BCUT2D eigenvalue weighted by Gasteiger charge is -2.40. The van der Waals surface area contributed by atoms with E-state index in [0.717, 1.165) is 53.8 Å². The smallest absolute Gasteiger partial charge is 0.229 e. The first-order valence-corrected chi connectivity index (χ1v) is 9.79. The molecule has 1 saturated heterocycles. The number of anilines is 3. The van der Waals surface area contributed by atoms with E-state index in [1.807, 2.05) is 35.9 Å². The summed E-state index contributed by atoms with van der Waals surface area (Å²) in [5.41, 5.74) is 2.74. The SMILES string of the molecule is COc1cc(Nc2ncc3c(n2)N2CCCC2(C)CO3)ccc1-n1cnc(C)c1. The van der Waals surface area contributed by atoms with Crippen LogP contribution in [-0.2, 0) is 0 Å². The first-order chi connectivity index (χ1) is 14.1. The molecular formula is C21H24N6O2. The van der Waals surface area contributed by atoms with Crippen molar-refractivity contribution in [3.63, 3.8) is 0 Å². The normalized spacial score (nSPS) is 20.0. The summed E-state index contributed by atoms with van der Waals surface area (Å²) in [6, 6.07) is 5.90. The minimum atomic E-state index is 0.0203. The number of nitrogens with one attached hydrogen (secondary N) is 1. The van der Waals surface area contributed by atoms with Crippen LogP contribution in [0.3, 0.4) is 0 Å². The number of benzene rings is 1. The predicted molar refractivity (Wildman–Crippen MR) is 111 cm³/mol. The molecule has 1 aromatic carbocycles. The zero-order valence-electron chi connectivity index (χ0n) is 16.8. The summed E-state index contributed by atoms with van der Waals surface area (Å²) >= 11 is 0. The Hall–Kier alpha value is -3.29. The van der Waals surface area contributed by atoms with Gasteiger partial charge < -0.3 is 24.3 Å². The van der Waals surface area contributed by atoms with Crippen LogP contribution < -0.4 is 19.7 Å². The average molecular weight is 392 g/mol. The minimum Gasteiger partial charge on any atom is -0.494 e. The molecule has 150 valence electrons.